The van der Waals surface area contributed by atoms with E-state index in [0.717, 1.165) is 18.7 Å². The number of ether oxygens (including phenoxy) is 2. The van der Waals surface area contributed by atoms with E-state index in [0.29, 0.717) is 13.2 Å². The van der Waals surface area contributed by atoms with E-state index in [2.05, 4.69) is 5.32 Å². The Labute approximate surface area is 102 Å². The highest BCUT2D eigenvalue weighted by Crippen LogP contribution is 2.01. The van der Waals surface area contributed by atoms with Crippen molar-refractivity contribution in [3.63, 3.8) is 0 Å². The molecule has 17 heavy (non-hydrogen) atoms. The van der Waals surface area contributed by atoms with Crippen LogP contribution in [-0.2, 0) is 27.4 Å². The van der Waals surface area contributed by atoms with Crippen molar-refractivity contribution in [2.24, 2.45) is 0 Å². The minimum absolute atomic E-state index is 0.206. The third-order valence-corrected chi connectivity index (χ3v) is 2.24. The molecule has 1 heterocycles. The third-order valence-electron chi connectivity index (χ3n) is 2.24. The molecule has 0 saturated heterocycles. The zero-order chi connectivity index (χ0) is 12.5. The molecule has 0 aliphatic rings. The van der Waals surface area contributed by atoms with Crippen molar-refractivity contribution >= 4 is 5.97 Å². The molecule has 0 fully saturated rings. The van der Waals surface area contributed by atoms with E-state index < -0.39 is 0 Å². The van der Waals surface area contributed by atoms with Crippen LogP contribution >= 0.6 is 0 Å². The maximum absolute atomic E-state index is 11.2. The molecule has 1 rings (SSSR count). The summed E-state index contributed by atoms with van der Waals surface area (Å²) in [7, 11) is 1.68. The van der Waals surface area contributed by atoms with E-state index in [1.807, 2.05) is 23.0 Å². The van der Waals surface area contributed by atoms with Crippen molar-refractivity contribution in [2.45, 2.75) is 20.0 Å². The van der Waals surface area contributed by atoms with E-state index in [1.165, 1.54) is 0 Å². The summed E-state index contributed by atoms with van der Waals surface area (Å²) in [6.45, 7) is 4.79. The molecule has 1 aromatic rings. The Morgan fingerprint density at radius 1 is 1.53 bits per heavy atom. The Morgan fingerprint density at radius 2 is 2.35 bits per heavy atom. The molecule has 5 nitrogen and oxygen atoms in total. The van der Waals surface area contributed by atoms with E-state index in [-0.39, 0.29) is 12.5 Å². The van der Waals surface area contributed by atoms with Gasteiger partial charge in [0.15, 0.2) is 0 Å². The van der Waals surface area contributed by atoms with Gasteiger partial charge < -0.3 is 19.4 Å². The molecule has 0 saturated carbocycles. The van der Waals surface area contributed by atoms with Gasteiger partial charge in [0.2, 0.25) is 0 Å². The first-order valence-electron chi connectivity index (χ1n) is 5.76. The van der Waals surface area contributed by atoms with Crippen LogP contribution in [0.3, 0.4) is 0 Å². The van der Waals surface area contributed by atoms with Crippen LogP contribution in [0.2, 0.25) is 0 Å². The van der Waals surface area contributed by atoms with E-state index in [1.54, 1.807) is 14.0 Å². The average molecular weight is 240 g/mol. The van der Waals surface area contributed by atoms with Crippen LogP contribution in [0.15, 0.2) is 18.5 Å². The molecular weight excluding hydrogens is 220 g/mol. The highest BCUT2D eigenvalue weighted by Gasteiger charge is 2.03. The van der Waals surface area contributed by atoms with Crippen molar-refractivity contribution in [3.8, 4) is 0 Å². The first kappa shape index (κ1) is 13.7. The van der Waals surface area contributed by atoms with Gasteiger partial charge in [-0.15, -0.1) is 0 Å². The number of carbonyl (C=O) groups is 1. The lowest BCUT2D eigenvalue weighted by atomic mass is 10.3. The van der Waals surface area contributed by atoms with Gasteiger partial charge in [-0.25, -0.2) is 0 Å². The smallest absolute Gasteiger partial charge is 0.325 e. The first-order valence-corrected chi connectivity index (χ1v) is 5.76. The van der Waals surface area contributed by atoms with Crippen molar-refractivity contribution in [1.29, 1.82) is 0 Å². The molecule has 96 valence electrons. The van der Waals surface area contributed by atoms with Gasteiger partial charge in [0.05, 0.1) is 13.2 Å². The van der Waals surface area contributed by atoms with Crippen LogP contribution in [0.5, 0.6) is 0 Å². The lowest BCUT2D eigenvalue weighted by Gasteiger charge is -2.03. The number of hydrogen-bond acceptors (Lipinski definition) is 4. The van der Waals surface area contributed by atoms with Gasteiger partial charge in [0, 0.05) is 32.6 Å². The molecule has 0 atom stereocenters. The molecule has 0 unspecified atom stereocenters. The predicted molar refractivity (Wildman–Crippen MR) is 64.6 cm³/mol. The number of nitrogens with zero attached hydrogens (tertiary/aromatic N) is 1. The molecule has 5 heteroatoms. The molecule has 0 aliphatic heterocycles. The van der Waals surface area contributed by atoms with Crippen LogP contribution < -0.4 is 5.32 Å². The fraction of sp³-hybridized carbons (Fsp3) is 0.583. The Kier molecular flexibility index (Phi) is 6.35. The molecule has 0 aliphatic carbocycles. The highest BCUT2D eigenvalue weighted by molar-refractivity contribution is 5.69. The summed E-state index contributed by atoms with van der Waals surface area (Å²) in [6, 6.07) is 1.99. The number of nitrogens with one attached hydrogen (secondary N) is 1. The maximum Gasteiger partial charge on any atom is 0.325 e. The Bertz CT molecular complexity index is 336. The fourth-order valence-electron chi connectivity index (χ4n) is 1.46. The number of rotatable bonds is 8. The summed E-state index contributed by atoms with van der Waals surface area (Å²) < 4.78 is 11.6. The first-order chi connectivity index (χ1) is 8.26. The summed E-state index contributed by atoms with van der Waals surface area (Å²) >= 11 is 0. The summed E-state index contributed by atoms with van der Waals surface area (Å²) in [5.74, 6) is -0.206. The maximum atomic E-state index is 11.2. The second kappa shape index (κ2) is 7.86. The number of esters is 1. The summed E-state index contributed by atoms with van der Waals surface area (Å²) in [4.78, 5) is 11.2. The molecule has 0 spiro atoms. The molecule has 0 bridgehead atoms. The lowest BCUT2D eigenvalue weighted by Crippen LogP contribution is -2.18. The third kappa shape index (κ3) is 5.51. The zero-order valence-electron chi connectivity index (χ0n) is 10.4. The molecule has 0 amide bonds. The number of aromatic nitrogens is 1. The SMILES string of the molecule is CCOC(=O)Cn1ccc(CNCCOC)c1. The van der Waals surface area contributed by atoms with Crippen LogP contribution in [0, 0.1) is 0 Å². The number of carbonyl (C=O) groups excluding carboxylic acids is 1. The zero-order valence-corrected chi connectivity index (χ0v) is 10.4. The summed E-state index contributed by atoms with van der Waals surface area (Å²) in [6.07, 6.45) is 3.82. The quantitative estimate of drug-likeness (QED) is 0.539. The van der Waals surface area contributed by atoms with Crippen molar-refractivity contribution in [3.05, 3.63) is 24.0 Å². The van der Waals surface area contributed by atoms with Gasteiger partial charge in [-0.3, -0.25) is 4.79 Å². The molecule has 0 radical (unpaired) electrons. The van der Waals surface area contributed by atoms with Crippen LogP contribution in [0.1, 0.15) is 12.5 Å². The lowest BCUT2D eigenvalue weighted by molar-refractivity contribution is -0.143. The van der Waals surface area contributed by atoms with Gasteiger partial charge in [0.1, 0.15) is 6.54 Å². The Morgan fingerprint density at radius 3 is 3.06 bits per heavy atom. The van der Waals surface area contributed by atoms with E-state index in [9.17, 15) is 4.79 Å². The Hall–Kier alpha value is -1.33. The van der Waals surface area contributed by atoms with Crippen molar-refractivity contribution < 1.29 is 14.3 Å². The molecule has 1 aromatic heterocycles. The average Bonchev–Trinajstić information content (AvgIpc) is 2.72. The molecule has 0 aromatic carbocycles. The highest BCUT2D eigenvalue weighted by atomic mass is 16.5. The fourth-order valence-corrected chi connectivity index (χ4v) is 1.46. The predicted octanol–water partition coefficient (Wildman–Crippen LogP) is 0.787. The van der Waals surface area contributed by atoms with Crippen LogP contribution in [0.4, 0.5) is 0 Å². The molecule has 1 N–H and O–H groups in total. The van der Waals surface area contributed by atoms with Crippen molar-refractivity contribution in [2.75, 3.05) is 26.9 Å². The normalized spacial score (nSPS) is 10.5. The van der Waals surface area contributed by atoms with Gasteiger partial charge in [-0.05, 0) is 18.6 Å². The molecular formula is C12H20N2O3. The van der Waals surface area contributed by atoms with Crippen LogP contribution in [0.25, 0.3) is 0 Å². The van der Waals surface area contributed by atoms with Gasteiger partial charge in [0.25, 0.3) is 0 Å². The Balaban J connectivity index is 2.29. The summed E-state index contributed by atoms with van der Waals surface area (Å²) in [5, 5.41) is 3.24. The topological polar surface area (TPSA) is 52.5 Å². The van der Waals surface area contributed by atoms with E-state index in [4.69, 9.17) is 9.47 Å². The largest absolute Gasteiger partial charge is 0.465 e. The minimum atomic E-state index is -0.206. The second-order valence-electron chi connectivity index (χ2n) is 3.67. The van der Waals surface area contributed by atoms with Gasteiger partial charge in [-0.2, -0.15) is 0 Å². The van der Waals surface area contributed by atoms with Crippen molar-refractivity contribution in [1.82, 2.24) is 9.88 Å². The van der Waals surface area contributed by atoms with Crippen LogP contribution in [-0.4, -0.2) is 37.4 Å². The summed E-state index contributed by atoms with van der Waals surface area (Å²) in [5.41, 5.74) is 1.14. The minimum Gasteiger partial charge on any atom is -0.465 e. The standard InChI is InChI=1S/C12H20N2O3/c1-3-17-12(15)10-14-6-4-11(9-14)8-13-5-7-16-2/h4,6,9,13H,3,5,7-8,10H2,1-2H3. The number of hydrogen-bond donors (Lipinski definition) is 1. The number of methoxy groups -OCH3 is 1. The monoisotopic (exact) mass is 240 g/mol. The second-order valence-corrected chi connectivity index (χ2v) is 3.67. The van der Waals surface area contributed by atoms with E-state index >= 15 is 0 Å². The van der Waals surface area contributed by atoms with Gasteiger partial charge >= 0.3 is 5.97 Å². The van der Waals surface area contributed by atoms with Gasteiger partial charge in [-0.1, -0.05) is 0 Å².